The normalized spacial score (nSPS) is 11.6. The van der Waals surface area contributed by atoms with E-state index in [1.807, 2.05) is 6.07 Å². The van der Waals surface area contributed by atoms with Crippen molar-refractivity contribution in [3.8, 4) is 0 Å². The number of carbonyl (C=O) groups is 1. The number of carboxylic acid groups (broad SMARTS) is 1. The zero-order valence-electron chi connectivity index (χ0n) is 10.4. The Morgan fingerprint density at radius 1 is 1.47 bits per heavy atom. The fourth-order valence-electron chi connectivity index (χ4n) is 1.45. The molecule has 1 rings (SSSR count). The van der Waals surface area contributed by atoms with E-state index >= 15 is 0 Å². The number of carboxylic acids is 1. The molecule has 0 radical (unpaired) electrons. The van der Waals surface area contributed by atoms with Crippen LogP contribution in [-0.4, -0.2) is 24.3 Å². The van der Waals surface area contributed by atoms with Crippen LogP contribution < -0.4 is 0 Å². The fraction of sp³-hybridized carbons (Fsp3) is 0.615. The van der Waals surface area contributed by atoms with Gasteiger partial charge in [-0.1, -0.05) is 6.07 Å². The van der Waals surface area contributed by atoms with Crippen LogP contribution in [0.25, 0.3) is 0 Å². The molecule has 0 fully saturated rings. The van der Waals surface area contributed by atoms with Gasteiger partial charge in [0.1, 0.15) is 0 Å². The van der Waals surface area contributed by atoms with Gasteiger partial charge >= 0.3 is 5.97 Å². The summed E-state index contributed by atoms with van der Waals surface area (Å²) < 4.78 is 5.50. The summed E-state index contributed by atoms with van der Waals surface area (Å²) in [6, 6.07) is 4.14. The van der Waals surface area contributed by atoms with Crippen LogP contribution in [0.2, 0.25) is 0 Å². The van der Waals surface area contributed by atoms with E-state index in [1.165, 1.54) is 4.88 Å². The Hall–Kier alpha value is -0.870. The molecule has 0 spiro atoms. The third kappa shape index (κ3) is 5.33. The van der Waals surface area contributed by atoms with E-state index in [4.69, 9.17) is 9.84 Å². The van der Waals surface area contributed by atoms with Crippen molar-refractivity contribution in [3.05, 3.63) is 22.4 Å². The standard InChI is InChI=1S/C13H20O3S/c1-13(2,12(14)15)7-4-8-16-9-6-11-5-3-10-17-11/h3,5,10H,4,6-9H2,1-2H3,(H,14,15). The highest BCUT2D eigenvalue weighted by Gasteiger charge is 2.25. The van der Waals surface area contributed by atoms with Crippen molar-refractivity contribution < 1.29 is 14.6 Å². The molecule has 1 heterocycles. The highest BCUT2D eigenvalue weighted by Crippen LogP contribution is 2.22. The summed E-state index contributed by atoms with van der Waals surface area (Å²) in [5.41, 5.74) is -0.642. The number of hydrogen-bond acceptors (Lipinski definition) is 3. The molecule has 0 aliphatic rings. The molecule has 0 aliphatic carbocycles. The van der Waals surface area contributed by atoms with Gasteiger partial charge in [-0.15, -0.1) is 11.3 Å². The van der Waals surface area contributed by atoms with Crippen LogP contribution in [0.3, 0.4) is 0 Å². The number of thiophene rings is 1. The second-order valence-electron chi connectivity index (χ2n) is 4.73. The zero-order valence-corrected chi connectivity index (χ0v) is 11.3. The molecule has 0 bridgehead atoms. The van der Waals surface area contributed by atoms with Crippen LogP contribution in [0.1, 0.15) is 31.6 Å². The molecule has 1 aromatic rings. The molecule has 0 amide bonds. The van der Waals surface area contributed by atoms with Crippen molar-refractivity contribution in [1.82, 2.24) is 0 Å². The first-order valence-electron chi connectivity index (χ1n) is 5.86. The maximum Gasteiger partial charge on any atom is 0.309 e. The van der Waals surface area contributed by atoms with E-state index in [9.17, 15) is 4.79 Å². The molecule has 1 N–H and O–H groups in total. The summed E-state index contributed by atoms with van der Waals surface area (Å²) in [6.45, 7) is 4.86. The van der Waals surface area contributed by atoms with E-state index in [1.54, 1.807) is 25.2 Å². The van der Waals surface area contributed by atoms with Crippen molar-refractivity contribution in [2.24, 2.45) is 5.41 Å². The van der Waals surface area contributed by atoms with Gasteiger partial charge in [0.05, 0.1) is 12.0 Å². The highest BCUT2D eigenvalue weighted by molar-refractivity contribution is 7.09. The minimum atomic E-state index is -0.740. The van der Waals surface area contributed by atoms with Crippen LogP contribution in [-0.2, 0) is 16.0 Å². The van der Waals surface area contributed by atoms with Gasteiger partial charge in [0.25, 0.3) is 0 Å². The Labute approximate surface area is 106 Å². The molecule has 0 unspecified atom stereocenters. The Morgan fingerprint density at radius 3 is 2.82 bits per heavy atom. The summed E-state index contributed by atoms with van der Waals surface area (Å²) >= 11 is 1.74. The minimum absolute atomic E-state index is 0.641. The van der Waals surface area contributed by atoms with Crippen LogP contribution in [0.15, 0.2) is 17.5 Å². The largest absolute Gasteiger partial charge is 0.481 e. The summed E-state index contributed by atoms with van der Waals surface area (Å²) in [5, 5.41) is 11.0. The Bertz CT molecular complexity index is 330. The van der Waals surface area contributed by atoms with Gasteiger partial charge in [-0.25, -0.2) is 0 Å². The maximum atomic E-state index is 10.9. The molecule has 3 nitrogen and oxygen atoms in total. The first-order valence-corrected chi connectivity index (χ1v) is 6.74. The van der Waals surface area contributed by atoms with Crippen LogP contribution in [0.5, 0.6) is 0 Å². The number of rotatable bonds is 8. The van der Waals surface area contributed by atoms with E-state index in [-0.39, 0.29) is 0 Å². The first kappa shape index (κ1) is 14.2. The second-order valence-corrected chi connectivity index (χ2v) is 5.77. The topological polar surface area (TPSA) is 46.5 Å². The Morgan fingerprint density at radius 2 is 2.24 bits per heavy atom. The zero-order chi connectivity index (χ0) is 12.7. The number of hydrogen-bond donors (Lipinski definition) is 1. The summed E-state index contributed by atoms with van der Waals surface area (Å²) in [6.07, 6.45) is 2.39. The highest BCUT2D eigenvalue weighted by atomic mass is 32.1. The average Bonchev–Trinajstić information content (AvgIpc) is 2.75. The van der Waals surface area contributed by atoms with Crippen LogP contribution >= 0.6 is 11.3 Å². The molecular weight excluding hydrogens is 236 g/mol. The van der Waals surface area contributed by atoms with Crippen molar-refractivity contribution in [2.75, 3.05) is 13.2 Å². The predicted molar refractivity (Wildman–Crippen MR) is 69.5 cm³/mol. The van der Waals surface area contributed by atoms with Gasteiger partial charge in [0, 0.05) is 17.9 Å². The van der Waals surface area contributed by atoms with E-state index in [0.717, 1.165) is 12.8 Å². The van der Waals surface area contributed by atoms with Gasteiger partial charge in [-0.05, 0) is 38.1 Å². The lowest BCUT2D eigenvalue weighted by Crippen LogP contribution is -2.23. The molecule has 17 heavy (non-hydrogen) atoms. The lowest BCUT2D eigenvalue weighted by Gasteiger charge is -2.18. The lowest BCUT2D eigenvalue weighted by atomic mass is 9.88. The third-order valence-corrected chi connectivity index (χ3v) is 3.68. The average molecular weight is 256 g/mol. The van der Waals surface area contributed by atoms with Crippen molar-refractivity contribution >= 4 is 17.3 Å². The minimum Gasteiger partial charge on any atom is -0.481 e. The van der Waals surface area contributed by atoms with E-state index in [0.29, 0.717) is 19.6 Å². The van der Waals surface area contributed by atoms with Crippen LogP contribution in [0, 0.1) is 5.41 Å². The molecule has 0 saturated heterocycles. The maximum absolute atomic E-state index is 10.9. The SMILES string of the molecule is CC(C)(CCCOCCc1cccs1)C(=O)O. The quantitative estimate of drug-likeness (QED) is 0.726. The van der Waals surface area contributed by atoms with Gasteiger partial charge in [0.2, 0.25) is 0 Å². The summed E-state index contributed by atoms with van der Waals surface area (Å²) in [7, 11) is 0. The summed E-state index contributed by atoms with van der Waals surface area (Å²) in [5.74, 6) is -0.740. The first-order chi connectivity index (χ1) is 8.02. The lowest BCUT2D eigenvalue weighted by molar-refractivity contribution is -0.147. The molecule has 96 valence electrons. The van der Waals surface area contributed by atoms with E-state index in [2.05, 4.69) is 11.4 Å². The number of ether oxygens (including phenoxy) is 1. The molecule has 0 aliphatic heterocycles. The Balaban J connectivity index is 2.03. The Kier molecular flexibility index (Phi) is 5.65. The van der Waals surface area contributed by atoms with Crippen molar-refractivity contribution in [3.63, 3.8) is 0 Å². The molecule has 1 aromatic heterocycles. The molecule has 0 aromatic carbocycles. The smallest absolute Gasteiger partial charge is 0.309 e. The monoisotopic (exact) mass is 256 g/mol. The van der Waals surface area contributed by atoms with E-state index < -0.39 is 11.4 Å². The molecule has 0 saturated carbocycles. The molecular formula is C13H20O3S. The summed E-state index contributed by atoms with van der Waals surface area (Å²) in [4.78, 5) is 12.2. The van der Waals surface area contributed by atoms with Gasteiger partial charge in [-0.3, -0.25) is 4.79 Å². The number of aliphatic carboxylic acids is 1. The molecule has 4 heteroatoms. The fourth-order valence-corrected chi connectivity index (χ4v) is 2.14. The van der Waals surface area contributed by atoms with Crippen LogP contribution in [0.4, 0.5) is 0 Å². The van der Waals surface area contributed by atoms with Crippen molar-refractivity contribution in [1.29, 1.82) is 0 Å². The third-order valence-electron chi connectivity index (χ3n) is 2.74. The van der Waals surface area contributed by atoms with Crippen molar-refractivity contribution in [2.45, 2.75) is 33.1 Å². The van der Waals surface area contributed by atoms with Gasteiger partial charge in [-0.2, -0.15) is 0 Å². The second kappa shape index (κ2) is 6.77. The van der Waals surface area contributed by atoms with Gasteiger partial charge in [0.15, 0.2) is 0 Å². The van der Waals surface area contributed by atoms with Gasteiger partial charge < -0.3 is 9.84 Å². The predicted octanol–water partition coefficient (Wildman–Crippen LogP) is 3.20. The molecule has 0 atom stereocenters.